The van der Waals surface area contributed by atoms with Gasteiger partial charge in [-0.2, -0.15) is 0 Å². The topological polar surface area (TPSA) is 20.3 Å². The monoisotopic (exact) mass is 319 g/mol. The van der Waals surface area contributed by atoms with Crippen molar-refractivity contribution in [3.05, 3.63) is 62.8 Å². The molecule has 0 spiro atoms. The van der Waals surface area contributed by atoms with E-state index in [9.17, 15) is 4.79 Å². The van der Waals surface area contributed by atoms with Crippen LogP contribution in [0.15, 0.2) is 46.8 Å². The van der Waals surface area contributed by atoms with E-state index in [1.807, 2.05) is 36.4 Å². The minimum atomic E-state index is 0.0418. The number of benzene rings is 1. The van der Waals surface area contributed by atoms with Gasteiger partial charge in [-0.25, -0.2) is 0 Å². The first-order valence-corrected chi connectivity index (χ1v) is 7.12. The number of hydrogen-bond acceptors (Lipinski definition) is 2. The van der Waals surface area contributed by atoms with Gasteiger partial charge in [0.1, 0.15) is 0 Å². The molecule has 0 atom stereocenters. The Morgan fingerprint density at radius 2 is 1.89 bits per heavy atom. The molecule has 2 heterocycles. The van der Waals surface area contributed by atoms with Gasteiger partial charge in [0.15, 0.2) is 0 Å². The highest BCUT2D eigenvalue weighted by Crippen LogP contribution is 2.34. The van der Waals surface area contributed by atoms with Gasteiger partial charge >= 0.3 is 0 Å². The predicted molar refractivity (Wildman–Crippen MR) is 77.4 cm³/mol. The van der Waals surface area contributed by atoms with Crippen LogP contribution in [0.2, 0.25) is 0 Å². The smallest absolute Gasteiger partial charge is 0.259 e. The maximum atomic E-state index is 12.3. The van der Waals surface area contributed by atoms with Crippen molar-refractivity contribution in [3.8, 4) is 0 Å². The average molecular weight is 320 g/mol. The Morgan fingerprint density at radius 1 is 1.17 bits per heavy atom. The van der Waals surface area contributed by atoms with Gasteiger partial charge < -0.3 is 4.90 Å². The van der Waals surface area contributed by atoms with Crippen molar-refractivity contribution in [1.82, 2.24) is 4.90 Å². The van der Waals surface area contributed by atoms with E-state index < -0.39 is 0 Å². The van der Waals surface area contributed by atoms with Crippen molar-refractivity contribution in [2.75, 3.05) is 0 Å². The van der Waals surface area contributed by atoms with Crippen LogP contribution in [0.25, 0.3) is 5.70 Å². The largest absolute Gasteiger partial charge is 0.303 e. The number of hydrogen-bond donors (Lipinski definition) is 0. The fourth-order valence-electron chi connectivity index (χ4n) is 2.09. The molecule has 1 aromatic carbocycles. The zero-order valence-electron chi connectivity index (χ0n) is 9.52. The molecule has 3 rings (SSSR count). The lowest BCUT2D eigenvalue weighted by molar-refractivity contribution is 0.0844. The summed E-state index contributed by atoms with van der Waals surface area (Å²) < 4.78 is 1.08. The SMILES string of the molecule is C=C1c2ccccc2C(=O)N1Cc1ccc(Br)s1. The number of fused-ring (bicyclic) bond motifs is 1. The van der Waals surface area contributed by atoms with Crippen LogP contribution in [0, 0.1) is 0 Å². The Labute approximate surface area is 118 Å². The molecule has 1 aliphatic rings. The maximum Gasteiger partial charge on any atom is 0.259 e. The van der Waals surface area contributed by atoms with Crippen molar-refractivity contribution >= 4 is 38.9 Å². The van der Waals surface area contributed by atoms with Gasteiger partial charge in [-0.15, -0.1) is 11.3 Å². The number of nitrogens with zero attached hydrogens (tertiary/aromatic N) is 1. The van der Waals surface area contributed by atoms with E-state index in [2.05, 4.69) is 22.5 Å². The summed E-state index contributed by atoms with van der Waals surface area (Å²) in [5.41, 5.74) is 2.48. The second kappa shape index (κ2) is 4.37. The highest BCUT2D eigenvalue weighted by atomic mass is 79.9. The lowest BCUT2D eigenvalue weighted by Gasteiger charge is -2.16. The normalized spacial score (nSPS) is 14.2. The minimum absolute atomic E-state index is 0.0418. The zero-order valence-corrected chi connectivity index (χ0v) is 11.9. The van der Waals surface area contributed by atoms with Gasteiger partial charge in [0.05, 0.1) is 10.3 Å². The Balaban J connectivity index is 1.92. The highest BCUT2D eigenvalue weighted by Gasteiger charge is 2.30. The number of rotatable bonds is 2. The predicted octanol–water partition coefficient (Wildman–Crippen LogP) is 4.14. The second-order valence-corrected chi connectivity index (χ2v) is 6.64. The molecular formula is C14H10BrNOS. The van der Waals surface area contributed by atoms with Crippen LogP contribution in [-0.4, -0.2) is 10.8 Å². The summed E-state index contributed by atoms with van der Waals surface area (Å²) in [5, 5.41) is 0. The van der Waals surface area contributed by atoms with Gasteiger partial charge in [-0.3, -0.25) is 4.79 Å². The number of amides is 1. The van der Waals surface area contributed by atoms with Crippen molar-refractivity contribution in [2.45, 2.75) is 6.54 Å². The van der Waals surface area contributed by atoms with Gasteiger partial charge in [0.25, 0.3) is 5.91 Å². The first kappa shape index (κ1) is 11.7. The molecule has 4 heteroatoms. The lowest BCUT2D eigenvalue weighted by Crippen LogP contribution is -2.21. The Hall–Kier alpha value is -1.39. The van der Waals surface area contributed by atoms with Crippen LogP contribution in [0.4, 0.5) is 0 Å². The van der Waals surface area contributed by atoms with Gasteiger partial charge in [-0.1, -0.05) is 24.8 Å². The molecule has 0 aliphatic carbocycles. The third-order valence-electron chi connectivity index (χ3n) is 2.98. The van der Waals surface area contributed by atoms with Crippen molar-refractivity contribution in [3.63, 3.8) is 0 Å². The Morgan fingerprint density at radius 3 is 2.50 bits per heavy atom. The summed E-state index contributed by atoms with van der Waals surface area (Å²) in [6.45, 7) is 4.61. The van der Waals surface area contributed by atoms with E-state index in [-0.39, 0.29) is 5.91 Å². The average Bonchev–Trinajstić information content (AvgIpc) is 2.88. The fraction of sp³-hybridized carbons (Fsp3) is 0.0714. The third kappa shape index (κ3) is 1.82. The van der Waals surface area contributed by atoms with Crippen LogP contribution in [0.1, 0.15) is 20.8 Å². The molecule has 0 N–H and O–H groups in total. The van der Waals surface area contributed by atoms with E-state index in [4.69, 9.17) is 0 Å². The van der Waals surface area contributed by atoms with E-state index in [1.54, 1.807) is 16.2 Å². The first-order chi connectivity index (χ1) is 8.66. The van der Waals surface area contributed by atoms with E-state index in [0.717, 1.165) is 25.5 Å². The standard InChI is InChI=1S/C14H10BrNOS/c1-9-11-4-2-3-5-12(11)14(17)16(9)8-10-6-7-13(15)18-10/h2-7H,1,8H2. The van der Waals surface area contributed by atoms with Crippen LogP contribution < -0.4 is 0 Å². The molecule has 0 saturated carbocycles. The Kier molecular flexibility index (Phi) is 2.84. The molecule has 0 fully saturated rings. The maximum absolute atomic E-state index is 12.3. The molecule has 0 saturated heterocycles. The van der Waals surface area contributed by atoms with Crippen molar-refractivity contribution in [1.29, 1.82) is 0 Å². The van der Waals surface area contributed by atoms with E-state index in [0.29, 0.717) is 6.54 Å². The number of carbonyl (C=O) groups is 1. The summed E-state index contributed by atoms with van der Waals surface area (Å²) in [4.78, 5) is 15.2. The molecule has 1 aromatic heterocycles. The Bertz CT molecular complexity index is 612. The molecule has 1 amide bonds. The minimum Gasteiger partial charge on any atom is -0.303 e. The summed E-state index contributed by atoms with van der Waals surface area (Å²) >= 11 is 5.07. The first-order valence-electron chi connectivity index (χ1n) is 5.51. The highest BCUT2D eigenvalue weighted by molar-refractivity contribution is 9.11. The second-order valence-electron chi connectivity index (χ2n) is 4.09. The van der Waals surface area contributed by atoms with Crippen LogP contribution in [-0.2, 0) is 6.54 Å². The van der Waals surface area contributed by atoms with Crippen molar-refractivity contribution < 1.29 is 4.79 Å². The van der Waals surface area contributed by atoms with Gasteiger partial charge in [-0.05, 0) is 34.1 Å². The van der Waals surface area contributed by atoms with Crippen LogP contribution in [0.3, 0.4) is 0 Å². The summed E-state index contributed by atoms with van der Waals surface area (Å²) in [5.74, 6) is 0.0418. The molecule has 0 radical (unpaired) electrons. The molecule has 18 heavy (non-hydrogen) atoms. The van der Waals surface area contributed by atoms with E-state index >= 15 is 0 Å². The lowest BCUT2D eigenvalue weighted by atomic mass is 10.1. The fourth-order valence-corrected chi connectivity index (χ4v) is 3.57. The summed E-state index contributed by atoms with van der Waals surface area (Å²) in [6, 6.07) is 11.6. The number of halogens is 1. The molecule has 1 aliphatic heterocycles. The van der Waals surface area contributed by atoms with Crippen molar-refractivity contribution in [2.24, 2.45) is 0 Å². The third-order valence-corrected chi connectivity index (χ3v) is 4.59. The molecule has 2 aromatic rings. The molecule has 2 nitrogen and oxygen atoms in total. The summed E-state index contributed by atoms with van der Waals surface area (Å²) in [7, 11) is 0. The molecular weight excluding hydrogens is 310 g/mol. The number of thiophene rings is 1. The molecule has 90 valence electrons. The number of carbonyl (C=O) groups excluding carboxylic acids is 1. The zero-order chi connectivity index (χ0) is 12.7. The molecule has 0 bridgehead atoms. The molecule has 0 unspecified atom stereocenters. The van der Waals surface area contributed by atoms with Crippen LogP contribution >= 0.6 is 27.3 Å². The van der Waals surface area contributed by atoms with Crippen LogP contribution in [0.5, 0.6) is 0 Å². The summed E-state index contributed by atoms with van der Waals surface area (Å²) in [6.07, 6.45) is 0. The van der Waals surface area contributed by atoms with Gasteiger partial charge in [0, 0.05) is 21.7 Å². The van der Waals surface area contributed by atoms with Gasteiger partial charge in [0.2, 0.25) is 0 Å². The quantitative estimate of drug-likeness (QED) is 0.814. The van der Waals surface area contributed by atoms with E-state index in [1.165, 1.54) is 0 Å².